The predicted octanol–water partition coefficient (Wildman–Crippen LogP) is 1.38. The summed E-state index contributed by atoms with van der Waals surface area (Å²) >= 11 is 5.89. The molecule has 1 unspecified atom stereocenters. The molecule has 0 radical (unpaired) electrons. The van der Waals surface area contributed by atoms with Crippen LogP contribution >= 0.6 is 11.6 Å². The number of nitrogens with two attached hydrogens (primary N) is 1. The Hall–Kier alpha value is -0.820. The van der Waals surface area contributed by atoms with Gasteiger partial charge in [0.05, 0.1) is 11.6 Å². The highest BCUT2D eigenvalue weighted by molar-refractivity contribution is 7.89. The van der Waals surface area contributed by atoms with E-state index in [-0.39, 0.29) is 16.0 Å². The van der Waals surface area contributed by atoms with E-state index in [0.717, 1.165) is 12.8 Å². The fourth-order valence-electron chi connectivity index (χ4n) is 1.84. The Kier molecular flexibility index (Phi) is 4.11. The summed E-state index contributed by atoms with van der Waals surface area (Å²) in [6.07, 6.45) is 1.61. The molecule has 1 atom stereocenters. The van der Waals surface area contributed by atoms with Gasteiger partial charge in [-0.3, -0.25) is 0 Å². The number of rotatable bonds is 3. The predicted molar refractivity (Wildman–Crippen MR) is 70.0 cm³/mol. The van der Waals surface area contributed by atoms with Crippen LogP contribution in [0.3, 0.4) is 0 Å². The number of nitrogens with one attached hydrogen (secondary N) is 1. The van der Waals surface area contributed by atoms with E-state index in [2.05, 4.69) is 4.72 Å². The molecule has 1 aromatic rings. The van der Waals surface area contributed by atoms with Crippen LogP contribution in [-0.4, -0.2) is 27.7 Å². The van der Waals surface area contributed by atoms with Gasteiger partial charge in [-0.15, -0.1) is 0 Å². The molecule has 18 heavy (non-hydrogen) atoms. The Bertz CT molecular complexity index is 527. The van der Waals surface area contributed by atoms with Crippen LogP contribution in [0.4, 0.5) is 5.69 Å². The maximum atomic E-state index is 12.2. The smallest absolute Gasteiger partial charge is 0.242 e. The average Bonchev–Trinajstić information content (AvgIpc) is 2.33. The Morgan fingerprint density at radius 3 is 2.89 bits per heavy atom. The first-order valence-electron chi connectivity index (χ1n) is 5.64. The molecular formula is C11H15ClN2O3S. The van der Waals surface area contributed by atoms with Crippen LogP contribution < -0.4 is 10.5 Å². The summed E-state index contributed by atoms with van der Waals surface area (Å²) in [6.45, 7) is 1.07. The molecule has 0 aromatic heterocycles. The van der Waals surface area contributed by atoms with Crippen LogP contribution in [0.5, 0.6) is 0 Å². The lowest BCUT2D eigenvalue weighted by Crippen LogP contribution is -2.40. The summed E-state index contributed by atoms with van der Waals surface area (Å²) in [5.41, 5.74) is 5.94. The maximum absolute atomic E-state index is 12.2. The number of benzene rings is 1. The van der Waals surface area contributed by atoms with Crippen LogP contribution in [0.25, 0.3) is 0 Å². The van der Waals surface area contributed by atoms with E-state index in [1.54, 1.807) is 6.07 Å². The van der Waals surface area contributed by atoms with Crippen molar-refractivity contribution in [2.24, 2.45) is 0 Å². The Balaban J connectivity index is 2.21. The van der Waals surface area contributed by atoms with Crippen molar-refractivity contribution in [2.75, 3.05) is 18.9 Å². The first kappa shape index (κ1) is 13.6. The number of hydrogen-bond donors (Lipinski definition) is 2. The summed E-state index contributed by atoms with van der Waals surface area (Å²) in [5, 5.41) is 0.161. The van der Waals surface area contributed by atoms with E-state index in [9.17, 15) is 8.42 Å². The van der Waals surface area contributed by atoms with Gasteiger partial charge in [0.15, 0.2) is 0 Å². The third-order valence-electron chi connectivity index (χ3n) is 2.73. The summed E-state index contributed by atoms with van der Waals surface area (Å²) < 4.78 is 32.2. The van der Waals surface area contributed by atoms with Crippen molar-refractivity contribution in [1.82, 2.24) is 4.72 Å². The van der Waals surface area contributed by atoms with E-state index >= 15 is 0 Å². The van der Waals surface area contributed by atoms with Crippen LogP contribution in [0, 0.1) is 0 Å². The average molecular weight is 291 g/mol. The van der Waals surface area contributed by atoms with Gasteiger partial charge in [0, 0.05) is 18.3 Å². The first-order chi connectivity index (χ1) is 8.49. The number of ether oxygens (including phenoxy) is 1. The van der Waals surface area contributed by atoms with Gasteiger partial charge in [0.2, 0.25) is 10.0 Å². The minimum Gasteiger partial charge on any atom is -0.399 e. The van der Waals surface area contributed by atoms with Crippen LogP contribution in [0.2, 0.25) is 5.02 Å². The highest BCUT2D eigenvalue weighted by atomic mass is 35.5. The van der Waals surface area contributed by atoms with E-state index in [4.69, 9.17) is 22.1 Å². The molecule has 1 aliphatic rings. The summed E-state index contributed by atoms with van der Waals surface area (Å²) in [5.74, 6) is 0. The van der Waals surface area contributed by atoms with E-state index in [0.29, 0.717) is 18.9 Å². The second-order valence-electron chi connectivity index (χ2n) is 4.23. The number of anilines is 1. The minimum atomic E-state index is -3.66. The topological polar surface area (TPSA) is 81.4 Å². The van der Waals surface area contributed by atoms with Gasteiger partial charge in [-0.25, -0.2) is 13.1 Å². The third-order valence-corrected chi connectivity index (χ3v) is 4.73. The number of sulfonamides is 1. The number of nitrogen functional groups attached to an aromatic ring is 1. The normalized spacial score (nSPS) is 20.8. The lowest BCUT2D eigenvalue weighted by Gasteiger charge is -2.23. The molecule has 1 aromatic carbocycles. The van der Waals surface area contributed by atoms with E-state index in [1.165, 1.54) is 12.1 Å². The molecule has 100 valence electrons. The largest absolute Gasteiger partial charge is 0.399 e. The standard InChI is InChI=1S/C11H15ClN2O3S/c12-10-4-3-8(13)6-11(10)18(15,16)14-9-2-1-5-17-7-9/h3-4,6,9,14H,1-2,5,7,13H2. The Morgan fingerprint density at radius 1 is 1.44 bits per heavy atom. The zero-order chi connectivity index (χ0) is 13.2. The van der Waals surface area contributed by atoms with Crippen molar-refractivity contribution in [3.63, 3.8) is 0 Å². The second-order valence-corrected chi connectivity index (χ2v) is 6.31. The van der Waals surface area contributed by atoms with Crippen LogP contribution in [-0.2, 0) is 14.8 Å². The molecule has 5 nitrogen and oxygen atoms in total. The van der Waals surface area contributed by atoms with Gasteiger partial charge in [0.25, 0.3) is 0 Å². The highest BCUT2D eigenvalue weighted by Crippen LogP contribution is 2.24. The Morgan fingerprint density at radius 2 is 2.22 bits per heavy atom. The highest BCUT2D eigenvalue weighted by Gasteiger charge is 2.24. The zero-order valence-electron chi connectivity index (χ0n) is 9.73. The van der Waals surface area contributed by atoms with Gasteiger partial charge in [-0.1, -0.05) is 11.6 Å². The molecule has 1 aliphatic heterocycles. The Labute approximate surface area is 111 Å². The molecule has 3 N–H and O–H groups in total. The summed E-state index contributed by atoms with van der Waals surface area (Å²) in [7, 11) is -3.66. The molecule has 0 saturated carbocycles. The number of hydrogen-bond acceptors (Lipinski definition) is 4. The first-order valence-corrected chi connectivity index (χ1v) is 7.50. The minimum absolute atomic E-state index is 0.00902. The maximum Gasteiger partial charge on any atom is 0.242 e. The van der Waals surface area contributed by atoms with Crippen molar-refractivity contribution >= 4 is 27.3 Å². The molecule has 2 rings (SSSR count). The second kappa shape index (κ2) is 5.44. The van der Waals surface area contributed by atoms with Crippen molar-refractivity contribution < 1.29 is 13.2 Å². The van der Waals surface area contributed by atoms with Crippen molar-refractivity contribution in [2.45, 2.75) is 23.8 Å². The molecule has 0 bridgehead atoms. The van der Waals surface area contributed by atoms with Crippen molar-refractivity contribution in [3.8, 4) is 0 Å². The van der Waals surface area contributed by atoms with Gasteiger partial charge in [0.1, 0.15) is 4.90 Å². The molecular weight excluding hydrogens is 276 g/mol. The van der Waals surface area contributed by atoms with Gasteiger partial charge < -0.3 is 10.5 Å². The van der Waals surface area contributed by atoms with E-state index < -0.39 is 10.0 Å². The summed E-state index contributed by atoms with van der Waals surface area (Å²) in [6, 6.07) is 4.18. The third kappa shape index (κ3) is 3.14. The monoisotopic (exact) mass is 290 g/mol. The SMILES string of the molecule is Nc1ccc(Cl)c(S(=O)(=O)NC2CCCOC2)c1. The zero-order valence-corrected chi connectivity index (χ0v) is 11.3. The lowest BCUT2D eigenvalue weighted by atomic mass is 10.1. The van der Waals surface area contributed by atoms with Crippen LogP contribution in [0.15, 0.2) is 23.1 Å². The van der Waals surface area contributed by atoms with Gasteiger partial charge in [-0.2, -0.15) is 0 Å². The van der Waals surface area contributed by atoms with Crippen molar-refractivity contribution in [1.29, 1.82) is 0 Å². The van der Waals surface area contributed by atoms with Gasteiger partial charge >= 0.3 is 0 Å². The van der Waals surface area contributed by atoms with Crippen molar-refractivity contribution in [3.05, 3.63) is 23.2 Å². The summed E-state index contributed by atoms with van der Waals surface area (Å²) in [4.78, 5) is 0.00902. The fraction of sp³-hybridized carbons (Fsp3) is 0.455. The molecule has 1 fully saturated rings. The molecule has 1 saturated heterocycles. The fourth-order valence-corrected chi connectivity index (χ4v) is 3.63. The molecule has 0 spiro atoms. The quantitative estimate of drug-likeness (QED) is 0.824. The lowest BCUT2D eigenvalue weighted by molar-refractivity contribution is 0.0774. The molecule has 1 heterocycles. The van der Waals surface area contributed by atoms with Crippen LogP contribution in [0.1, 0.15) is 12.8 Å². The molecule has 0 amide bonds. The molecule has 7 heteroatoms. The van der Waals surface area contributed by atoms with Gasteiger partial charge in [-0.05, 0) is 31.0 Å². The number of halogens is 1. The molecule has 0 aliphatic carbocycles. The van der Waals surface area contributed by atoms with E-state index in [1.807, 2.05) is 0 Å².